The Kier molecular flexibility index (Phi) is 3.88. The summed E-state index contributed by atoms with van der Waals surface area (Å²) in [5, 5.41) is 4.73. The lowest BCUT2D eigenvalue weighted by atomic mass is 10.0. The van der Waals surface area contributed by atoms with Crippen LogP contribution in [0, 0.1) is 0 Å². The number of hydrogen-bond donors (Lipinski definition) is 3. The van der Waals surface area contributed by atoms with E-state index in [1.165, 1.54) is 7.11 Å². The van der Waals surface area contributed by atoms with Crippen LogP contribution in [0.25, 0.3) is 0 Å². The van der Waals surface area contributed by atoms with Gasteiger partial charge in [0.25, 0.3) is 5.91 Å². The molecule has 2 rings (SSSR count). The summed E-state index contributed by atoms with van der Waals surface area (Å²) in [6, 6.07) is 4.10. The van der Waals surface area contributed by atoms with Crippen LogP contribution >= 0.6 is 0 Å². The molecule has 7 nitrogen and oxygen atoms in total. The van der Waals surface area contributed by atoms with Crippen molar-refractivity contribution in [3.63, 3.8) is 0 Å². The molecule has 1 aromatic rings. The third-order valence-corrected chi connectivity index (χ3v) is 3.05. The maximum absolute atomic E-state index is 12.2. The molecule has 3 amide bonds. The van der Waals surface area contributed by atoms with Crippen LogP contribution in [-0.4, -0.2) is 30.9 Å². The highest BCUT2D eigenvalue weighted by molar-refractivity contribution is 6.06. The summed E-state index contributed by atoms with van der Waals surface area (Å²) in [6.45, 7) is 0. The number of ether oxygens (including phenoxy) is 1. The van der Waals surface area contributed by atoms with Crippen molar-refractivity contribution in [3.05, 3.63) is 23.8 Å². The number of nitrogen functional groups attached to an aromatic ring is 1. The Balaban J connectivity index is 2.17. The molecule has 1 aromatic carbocycles. The van der Waals surface area contributed by atoms with Gasteiger partial charge in [-0.3, -0.25) is 19.7 Å². The number of nitrogens with two attached hydrogens (primary N) is 1. The maximum atomic E-state index is 12.2. The summed E-state index contributed by atoms with van der Waals surface area (Å²) in [5.74, 6) is -1.02. The van der Waals surface area contributed by atoms with E-state index in [0.29, 0.717) is 5.75 Å². The lowest BCUT2D eigenvalue weighted by molar-refractivity contribution is -0.134. The average Bonchev–Trinajstić information content (AvgIpc) is 2.41. The summed E-state index contributed by atoms with van der Waals surface area (Å²) in [4.78, 5) is 34.9. The molecule has 0 aromatic heterocycles. The second kappa shape index (κ2) is 5.60. The highest BCUT2D eigenvalue weighted by atomic mass is 16.5. The minimum atomic E-state index is -0.746. The van der Waals surface area contributed by atoms with Crippen molar-refractivity contribution >= 4 is 23.4 Å². The van der Waals surface area contributed by atoms with E-state index in [-0.39, 0.29) is 30.0 Å². The Hall–Kier alpha value is -2.57. The van der Waals surface area contributed by atoms with Gasteiger partial charge in [0.05, 0.1) is 7.11 Å². The van der Waals surface area contributed by atoms with Crippen LogP contribution in [0.15, 0.2) is 18.2 Å². The molecule has 0 aliphatic carbocycles. The Bertz CT molecular complexity index is 571. The molecule has 1 heterocycles. The van der Waals surface area contributed by atoms with E-state index in [2.05, 4.69) is 10.6 Å². The Morgan fingerprint density at radius 2 is 2.20 bits per heavy atom. The molecule has 0 radical (unpaired) electrons. The van der Waals surface area contributed by atoms with Gasteiger partial charge in [-0.2, -0.15) is 0 Å². The quantitative estimate of drug-likeness (QED) is 0.524. The number of benzene rings is 1. The van der Waals surface area contributed by atoms with E-state index in [4.69, 9.17) is 10.5 Å². The largest absolute Gasteiger partial charge is 0.496 e. The summed E-state index contributed by atoms with van der Waals surface area (Å²) >= 11 is 0. The fraction of sp³-hybridized carbons (Fsp3) is 0.308. The number of anilines is 1. The van der Waals surface area contributed by atoms with Crippen molar-refractivity contribution in [2.24, 2.45) is 0 Å². The van der Waals surface area contributed by atoms with E-state index in [1.54, 1.807) is 18.2 Å². The van der Waals surface area contributed by atoms with Crippen LogP contribution in [0.5, 0.6) is 5.75 Å². The molecule has 1 atom stereocenters. The molecular weight excluding hydrogens is 262 g/mol. The topological polar surface area (TPSA) is 111 Å². The number of piperidine rings is 1. The molecule has 0 bridgehead atoms. The molecule has 1 aliphatic rings. The first-order valence-corrected chi connectivity index (χ1v) is 6.10. The number of carbonyl (C=O) groups excluding carboxylic acids is 3. The van der Waals surface area contributed by atoms with Gasteiger partial charge in [-0.25, -0.2) is 0 Å². The number of nitrogens with one attached hydrogen (secondary N) is 2. The van der Waals surface area contributed by atoms with E-state index in [9.17, 15) is 14.4 Å². The lowest BCUT2D eigenvalue weighted by Crippen LogP contribution is -2.52. The van der Waals surface area contributed by atoms with Gasteiger partial charge in [0.1, 0.15) is 17.4 Å². The summed E-state index contributed by atoms with van der Waals surface area (Å²) in [6.07, 6.45) is 0.462. The predicted octanol–water partition coefficient (Wildman–Crippen LogP) is -0.188. The van der Waals surface area contributed by atoms with E-state index >= 15 is 0 Å². The molecule has 1 fully saturated rings. The fourth-order valence-electron chi connectivity index (χ4n) is 2.02. The first-order valence-electron chi connectivity index (χ1n) is 6.10. The zero-order valence-electron chi connectivity index (χ0n) is 10.9. The fourth-order valence-corrected chi connectivity index (χ4v) is 2.02. The molecule has 1 aliphatic heterocycles. The van der Waals surface area contributed by atoms with Gasteiger partial charge in [0, 0.05) is 12.1 Å². The van der Waals surface area contributed by atoms with Crippen LogP contribution in [0.3, 0.4) is 0 Å². The van der Waals surface area contributed by atoms with Gasteiger partial charge in [-0.05, 0) is 18.6 Å². The van der Waals surface area contributed by atoms with E-state index in [0.717, 1.165) is 0 Å². The number of methoxy groups -OCH3 is 1. The van der Waals surface area contributed by atoms with Gasteiger partial charge in [0.15, 0.2) is 0 Å². The predicted molar refractivity (Wildman–Crippen MR) is 71.0 cm³/mol. The molecular formula is C13H15N3O4. The summed E-state index contributed by atoms with van der Waals surface area (Å²) in [7, 11) is 1.43. The Morgan fingerprint density at radius 1 is 1.45 bits per heavy atom. The standard InChI is InChI=1S/C13H15N3O4/c1-20-9-4-2-3-7(14)11(9)13(19)15-8-5-6-10(17)16-12(8)18/h2-4,8H,5-6,14H2,1H3,(H,15,19)(H,16,17,18). The molecule has 7 heteroatoms. The van der Waals surface area contributed by atoms with E-state index < -0.39 is 17.9 Å². The molecule has 4 N–H and O–H groups in total. The monoisotopic (exact) mass is 277 g/mol. The van der Waals surface area contributed by atoms with Gasteiger partial charge in [-0.15, -0.1) is 0 Å². The van der Waals surface area contributed by atoms with Crippen molar-refractivity contribution in [1.29, 1.82) is 0 Å². The smallest absolute Gasteiger partial charge is 0.257 e. The SMILES string of the molecule is COc1cccc(N)c1C(=O)NC1CCC(=O)NC1=O. The number of hydrogen-bond acceptors (Lipinski definition) is 5. The number of amides is 3. The zero-order chi connectivity index (χ0) is 14.7. The van der Waals surface area contributed by atoms with Crippen LogP contribution in [0.4, 0.5) is 5.69 Å². The third-order valence-electron chi connectivity index (χ3n) is 3.05. The van der Waals surface area contributed by atoms with E-state index in [1.807, 2.05) is 0 Å². The summed E-state index contributed by atoms with van der Waals surface area (Å²) in [5.41, 5.74) is 6.20. The highest BCUT2D eigenvalue weighted by Crippen LogP contribution is 2.24. The molecule has 106 valence electrons. The first-order chi connectivity index (χ1) is 9.52. The third kappa shape index (κ3) is 2.71. The number of imide groups is 1. The van der Waals surface area contributed by atoms with Crippen molar-refractivity contribution < 1.29 is 19.1 Å². The van der Waals surface area contributed by atoms with Crippen molar-refractivity contribution in [1.82, 2.24) is 10.6 Å². The highest BCUT2D eigenvalue weighted by Gasteiger charge is 2.29. The lowest BCUT2D eigenvalue weighted by Gasteiger charge is -2.22. The van der Waals surface area contributed by atoms with Crippen LogP contribution in [0.2, 0.25) is 0 Å². The Labute approximate surface area is 115 Å². The summed E-state index contributed by atoms with van der Waals surface area (Å²) < 4.78 is 5.08. The second-order valence-corrected chi connectivity index (χ2v) is 4.40. The average molecular weight is 277 g/mol. The molecule has 0 saturated carbocycles. The molecule has 1 saturated heterocycles. The minimum Gasteiger partial charge on any atom is -0.496 e. The second-order valence-electron chi connectivity index (χ2n) is 4.40. The van der Waals surface area contributed by atoms with Gasteiger partial charge in [0.2, 0.25) is 11.8 Å². The normalized spacial score (nSPS) is 18.4. The number of carbonyl (C=O) groups is 3. The van der Waals surface area contributed by atoms with Crippen molar-refractivity contribution in [2.45, 2.75) is 18.9 Å². The van der Waals surface area contributed by atoms with Crippen LogP contribution in [0.1, 0.15) is 23.2 Å². The molecule has 0 spiro atoms. The molecule has 20 heavy (non-hydrogen) atoms. The van der Waals surface area contributed by atoms with Gasteiger partial charge in [-0.1, -0.05) is 6.07 Å². The first kappa shape index (κ1) is 13.9. The molecule has 1 unspecified atom stereocenters. The maximum Gasteiger partial charge on any atom is 0.257 e. The Morgan fingerprint density at radius 3 is 2.85 bits per heavy atom. The van der Waals surface area contributed by atoms with Crippen molar-refractivity contribution in [2.75, 3.05) is 12.8 Å². The van der Waals surface area contributed by atoms with Crippen LogP contribution in [-0.2, 0) is 9.59 Å². The van der Waals surface area contributed by atoms with Gasteiger partial charge < -0.3 is 15.8 Å². The van der Waals surface area contributed by atoms with Crippen molar-refractivity contribution in [3.8, 4) is 5.75 Å². The minimum absolute atomic E-state index is 0.180. The van der Waals surface area contributed by atoms with Crippen LogP contribution < -0.4 is 21.1 Å². The van der Waals surface area contributed by atoms with Gasteiger partial charge >= 0.3 is 0 Å². The zero-order valence-corrected chi connectivity index (χ0v) is 10.9. The number of rotatable bonds is 3.